The molecule has 1 aromatic carbocycles. The first-order valence-electron chi connectivity index (χ1n) is 14.4. The van der Waals surface area contributed by atoms with Crippen molar-refractivity contribution in [2.45, 2.75) is 71.5 Å². The molecule has 2 unspecified atom stereocenters. The summed E-state index contributed by atoms with van der Waals surface area (Å²) in [6, 6.07) is 5.43. The number of alkyl halides is 6. The van der Waals surface area contributed by atoms with Crippen molar-refractivity contribution < 1.29 is 35.9 Å². The molecule has 2 atom stereocenters. The van der Waals surface area contributed by atoms with Gasteiger partial charge in [-0.1, -0.05) is 6.92 Å². The Kier molecular flexibility index (Phi) is 8.91. The van der Waals surface area contributed by atoms with Gasteiger partial charge in [-0.05, 0) is 80.8 Å². The number of fused-ring (bicyclic) bond motifs is 1. The molecule has 4 heterocycles. The first kappa shape index (κ1) is 32.6. The Balaban J connectivity index is 1.70. The molecule has 0 spiro atoms. The molecule has 0 bridgehead atoms. The maximum Gasteiger partial charge on any atom is 0.416 e. The topological polar surface area (TPSA) is 113 Å². The first-order chi connectivity index (χ1) is 21.7. The fourth-order valence-electron chi connectivity index (χ4n) is 5.80. The number of tetrazole rings is 1. The number of anilines is 2. The number of carbonyl (C=O) groups excluding carboxylic acids is 1. The van der Waals surface area contributed by atoms with Crippen LogP contribution in [0.25, 0.3) is 11.4 Å². The van der Waals surface area contributed by atoms with Crippen molar-refractivity contribution in [3.05, 3.63) is 76.2 Å². The smallest absolute Gasteiger partial charge is 0.416 e. The third-order valence-electron chi connectivity index (χ3n) is 7.74. The Hall–Kier alpha value is -4.76. The number of pyridine rings is 2. The van der Waals surface area contributed by atoms with Gasteiger partial charge >= 0.3 is 18.4 Å². The van der Waals surface area contributed by atoms with Gasteiger partial charge in [0, 0.05) is 35.6 Å². The molecule has 0 saturated carbocycles. The number of ether oxygens (including phenoxy) is 1. The molecule has 244 valence electrons. The molecule has 1 N–H and O–H groups in total. The number of aryl methyl sites for hydroxylation is 2. The van der Waals surface area contributed by atoms with Crippen LogP contribution in [0.15, 0.2) is 42.6 Å². The van der Waals surface area contributed by atoms with Gasteiger partial charge in [0.15, 0.2) is 0 Å². The lowest BCUT2D eigenvalue weighted by atomic mass is 9.87. The maximum atomic E-state index is 13.8. The Bertz CT molecular complexity index is 1660. The van der Waals surface area contributed by atoms with Crippen molar-refractivity contribution in [3.8, 4) is 11.4 Å². The standard InChI is InChI=1S/C30H30F6N8O2/c1-5-22-13-24(23-9-16(3)38-17(4)26(23)44(22)28(45)46-6-2)43(25-8-7-19(14-37-25)27-39-41-42-40-27)15-18-10-20(29(31,32)33)12-21(11-18)30(34,35)36/h7-12,14,22,24H,5-6,13,15H2,1-4H3,(H,39,40,41,42). The van der Waals surface area contributed by atoms with E-state index in [9.17, 15) is 31.1 Å². The van der Waals surface area contributed by atoms with E-state index in [2.05, 4.69) is 30.6 Å². The lowest BCUT2D eigenvalue weighted by molar-refractivity contribution is -0.143. The van der Waals surface area contributed by atoms with Gasteiger partial charge in [-0.25, -0.2) is 9.78 Å². The summed E-state index contributed by atoms with van der Waals surface area (Å²) < 4.78 is 88.3. The van der Waals surface area contributed by atoms with Gasteiger partial charge < -0.3 is 9.64 Å². The summed E-state index contributed by atoms with van der Waals surface area (Å²) in [4.78, 5) is 25.5. The van der Waals surface area contributed by atoms with Gasteiger partial charge in [0.1, 0.15) is 5.82 Å². The molecule has 46 heavy (non-hydrogen) atoms. The third-order valence-corrected chi connectivity index (χ3v) is 7.74. The number of halogens is 6. The summed E-state index contributed by atoms with van der Waals surface area (Å²) in [6.45, 7) is 6.81. The van der Waals surface area contributed by atoms with E-state index in [0.29, 0.717) is 46.8 Å². The Morgan fingerprint density at radius 1 is 1.04 bits per heavy atom. The highest BCUT2D eigenvalue weighted by Crippen LogP contribution is 2.46. The molecule has 0 saturated heterocycles. The molecular formula is C30H30F6N8O2. The van der Waals surface area contributed by atoms with Crippen LogP contribution < -0.4 is 9.80 Å². The number of hydrogen-bond acceptors (Lipinski definition) is 8. The highest BCUT2D eigenvalue weighted by atomic mass is 19.4. The number of aromatic nitrogens is 6. The van der Waals surface area contributed by atoms with Crippen molar-refractivity contribution >= 4 is 17.6 Å². The molecule has 0 fully saturated rings. The highest BCUT2D eigenvalue weighted by Gasteiger charge is 2.42. The van der Waals surface area contributed by atoms with Crippen LogP contribution in [0, 0.1) is 13.8 Å². The van der Waals surface area contributed by atoms with E-state index in [1.807, 2.05) is 6.92 Å². The number of nitrogens with one attached hydrogen (secondary N) is 1. The molecule has 1 aliphatic rings. The summed E-state index contributed by atoms with van der Waals surface area (Å²) in [6.07, 6.45) is -8.43. The molecular weight excluding hydrogens is 618 g/mol. The Labute approximate surface area is 259 Å². The summed E-state index contributed by atoms with van der Waals surface area (Å²) in [5.41, 5.74) is -0.374. The SMILES string of the molecule is CCOC(=O)N1c2c(cc(C)nc2C)C(N(Cc2cc(C(F)(F)F)cc(C(F)(F)F)c2)c2ccc(-c3nn[nH]n3)cn2)CC1CC. The number of carbonyl (C=O) groups is 1. The lowest BCUT2D eigenvalue weighted by Gasteiger charge is -2.45. The fourth-order valence-corrected chi connectivity index (χ4v) is 5.80. The molecule has 5 rings (SSSR count). The number of H-pyrrole nitrogens is 1. The van der Waals surface area contributed by atoms with Crippen molar-refractivity contribution in [3.63, 3.8) is 0 Å². The molecule has 1 aliphatic heterocycles. The van der Waals surface area contributed by atoms with E-state index in [4.69, 9.17) is 4.74 Å². The number of rotatable bonds is 7. The van der Waals surface area contributed by atoms with E-state index >= 15 is 0 Å². The van der Waals surface area contributed by atoms with E-state index in [0.717, 1.165) is 0 Å². The summed E-state index contributed by atoms with van der Waals surface area (Å²) in [7, 11) is 0. The van der Waals surface area contributed by atoms with E-state index < -0.39 is 41.7 Å². The van der Waals surface area contributed by atoms with Crippen LogP contribution in [-0.2, 0) is 23.6 Å². The van der Waals surface area contributed by atoms with Gasteiger partial charge in [-0.15, -0.1) is 10.2 Å². The quantitative estimate of drug-likeness (QED) is 0.209. The predicted octanol–water partition coefficient (Wildman–Crippen LogP) is 7.20. The molecule has 4 aromatic rings. The largest absolute Gasteiger partial charge is 0.449 e. The predicted molar refractivity (Wildman–Crippen MR) is 155 cm³/mol. The number of amides is 1. The molecule has 3 aromatic heterocycles. The van der Waals surface area contributed by atoms with Crippen LogP contribution >= 0.6 is 0 Å². The zero-order valence-electron chi connectivity index (χ0n) is 25.2. The van der Waals surface area contributed by atoms with Gasteiger partial charge in [0.2, 0.25) is 5.82 Å². The fraction of sp³-hybridized carbons (Fsp3) is 0.400. The van der Waals surface area contributed by atoms with Gasteiger partial charge in [-0.3, -0.25) is 9.88 Å². The first-order valence-corrected chi connectivity index (χ1v) is 14.4. The minimum atomic E-state index is -5.02. The van der Waals surface area contributed by atoms with Crippen molar-refractivity contribution in [2.75, 3.05) is 16.4 Å². The molecule has 0 radical (unpaired) electrons. The normalized spacial score (nSPS) is 16.7. The monoisotopic (exact) mass is 648 g/mol. The zero-order chi connectivity index (χ0) is 33.4. The maximum absolute atomic E-state index is 13.8. The van der Waals surface area contributed by atoms with Gasteiger partial charge in [-0.2, -0.15) is 31.6 Å². The zero-order valence-corrected chi connectivity index (χ0v) is 25.2. The number of aromatic amines is 1. The molecule has 10 nitrogen and oxygen atoms in total. The average molecular weight is 649 g/mol. The lowest BCUT2D eigenvalue weighted by Crippen LogP contribution is -2.48. The van der Waals surface area contributed by atoms with Crippen LogP contribution in [0.2, 0.25) is 0 Å². The van der Waals surface area contributed by atoms with Gasteiger partial charge in [0.25, 0.3) is 0 Å². The average Bonchev–Trinajstić information content (AvgIpc) is 3.54. The summed E-state index contributed by atoms with van der Waals surface area (Å²) in [5, 5.41) is 13.7. The highest BCUT2D eigenvalue weighted by molar-refractivity contribution is 5.91. The number of hydrogen-bond donors (Lipinski definition) is 1. The minimum Gasteiger partial charge on any atom is -0.449 e. The van der Waals surface area contributed by atoms with Crippen molar-refractivity contribution in [1.29, 1.82) is 0 Å². The Morgan fingerprint density at radius 2 is 1.74 bits per heavy atom. The molecule has 1 amide bonds. The van der Waals surface area contributed by atoms with Crippen LogP contribution in [0.3, 0.4) is 0 Å². The third kappa shape index (κ3) is 6.60. The minimum absolute atomic E-state index is 0.102. The second-order valence-corrected chi connectivity index (χ2v) is 10.9. The second kappa shape index (κ2) is 12.6. The number of nitrogens with zero attached hydrogens (tertiary/aromatic N) is 7. The van der Waals surface area contributed by atoms with Crippen LogP contribution in [0.5, 0.6) is 0 Å². The van der Waals surface area contributed by atoms with Crippen LogP contribution in [0.1, 0.15) is 66.4 Å². The van der Waals surface area contributed by atoms with E-state index in [-0.39, 0.29) is 42.8 Å². The van der Waals surface area contributed by atoms with E-state index in [1.165, 1.54) is 11.1 Å². The Morgan fingerprint density at radius 3 is 2.28 bits per heavy atom. The van der Waals surface area contributed by atoms with Crippen LogP contribution in [0.4, 0.5) is 42.6 Å². The molecule has 0 aliphatic carbocycles. The van der Waals surface area contributed by atoms with Crippen molar-refractivity contribution in [1.82, 2.24) is 30.6 Å². The van der Waals surface area contributed by atoms with E-state index in [1.54, 1.807) is 43.9 Å². The van der Waals surface area contributed by atoms with Crippen molar-refractivity contribution in [2.24, 2.45) is 0 Å². The summed E-state index contributed by atoms with van der Waals surface area (Å²) >= 11 is 0. The molecule has 16 heteroatoms. The summed E-state index contributed by atoms with van der Waals surface area (Å²) in [5.74, 6) is 0.510. The van der Waals surface area contributed by atoms with Crippen LogP contribution in [-0.4, -0.2) is 49.3 Å². The second-order valence-electron chi connectivity index (χ2n) is 10.9. The number of benzene rings is 1. The van der Waals surface area contributed by atoms with Gasteiger partial charge in [0.05, 0.1) is 35.2 Å².